The third kappa shape index (κ3) is 7.70. The second kappa shape index (κ2) is 9.37. The molecule has 2 aliphatic rings. The summed E-state index contributed by atoms with van der Waals surface area (Å²) in [6.07, 6.45) is 1.43. The lowest BCUT2D eigenvalue weighted by atomic mass is 9.80. The van der Waals surface area contributed by atoms with Crippen LogP contribution in [-0.2, 0) is 19.1 Å². The Morgan fingerprint density at radius 3 is 1.24 bits per heavy atom. The van der Waals surface area contributed by atoms with Gasteiger partial charge in [0.05, 0.1) is 5.60 Å². The second-order valence-corrected chi connectivity index (χ2v) is 15.0. The van der Waals surface area contributed by atoms with Gasteiger partial charge in [0.1, 0.15) is 12.2 Å². The van der Waals surface area contributed by atoms with Crippen LogP contribution >= 0.6 is 11.6 Å². The lowest BCUT2D eigenvalue weighted by Gasteiger charge is -2.55. The van der Waals surface area contributed by atoms with E-state index in [4.69, 9.17) is 30.7 Å². The van der Waals surface area contributed by atoms with Crippen molar-refractivity contribution < 1.29 is 23.9 Å². The van der Waals surface area contributed by atoms with Gasteiger partial charge in [0, 0.05) is 47.8 Å². The van der Waals surface area contributed by atoms with Crippen LogP contribution in [0.15, 0.2) is 0 Å². The lowest BCUT2D eigenvalue weighted by Crippen LogP contribution is -2.64. The molecule has 0 amide bonds. The summed E-state index contributed by atoms with van der Waals surface area (Å²) >= 11 is 6.36. The molecule has 0 bridgehead atoms. The first kappa shape index (κ1) is 29.6. The Morgan fingerprint density at radius 1 is 0.676 bits per heavy atom. The summed E-state index contributed by atoms with van der Waals surface area (Å²) in [5.41, 5.74) is -1.67. The van der Waals surface area contributed by atoms with Crippen molar-refractivity contribution in [2.75, 3.05) is 0 Å². The van der Waals surface area contributed by atoms with E-state index >= 15 is 0 Å². The number of carbonyl (C=O) groups excluding carboxylic acids is 1. The molecule has 0 spiro atoms. The molecule has 2 heterocycles. The fraction of sp³-hybridized carbons (Fsp3) is 0.962. The number of hydrogen-bond donors (Lipinski definition) is 0. The predicted octanol–water partition coefficient (Wildman–Crippen LogP) is 6.82. The van der Waals surface area contributed by atoms with Crippen molar-refractivity contribution in [2.24, 2.45) is 0 Å². The van der Waals surface area contributed by atoms with Crippen molar-refractivity contribution in [1.29, 1.82) is 0 Å². The highest BCUT2D eigenvalue weighted by molar-refractivity contribution is 6.22. The Bertz CT molecular complexity index is 640. The summed E-state index contributed by atoms with van der Waals surface area (Å²) in [6.45, 7) is 26.6. The van der Waals surface area contributed by atoms with Gasteiger partial charge in [-0.1, -0.05) is 11.6 Å². The minimum Gasteiger partial charge on any atom is -0.431 e. The van der Waals surface area contributed by atoms with Gasteiger partial charge in [0.25, 0.3) is 0 Å². The van der Waals surface area contributed by atoms with E-state index in [1.54, 1.807) is 0 Å². The summed E-state index contributed by atoms with van der Waals surface area (Å²) in [6, 6.07) is 0. The average Bonchev–Trinajstić information content (AvgIpc) is 2.51. The number of hydroxylamine groups is 4. The number of ether oxygens (including phenoxy) is 2. The molecule has 8 heteroatoms. The van der Waals surface area contributed by atoms with Crippen molar-refractivity contribution in [3.05, 3.63) is 0 Å². The summed E-state index contributed by atoms with van der Waals surface area (Å²) in [5, 5.41) is 3.20. The Hall–Kier alpha value is -0.600. The number of alkyl halides is 1. The maximum Gasteiger partial charge on any atom is 0.508 e. The van der Waals surface area contributed by atoms with Gasteiger partial charge >= 0.3 is 6.16 Å². The van der Waals surface area contributed by atoms with Gasteiger partial charge in [-0.25, -0.2) is 4.79 Å². The number of rotatable bonds is 5. The van der Waals surface area contributed by atoms with E-state index in [-0.39, 0.29) is 40.0 Å². The van der Waals surface area contributed by atoms with Gasteiger partial charge in [-0.05, 0) is 90.0 Å². The van der Waals surface area contributed by atoms with E-state index in [2.05, 4.69) is 60.5 Å². The van der Waals surface area contributed by atoms with Crippen LogP contribution in [0.3, 0.4) is 0 Å². The summed E-state index contributed by atoms with van der Waals surface area (Å²) in [5.74, 6) is 0. The summed E-state index contributed by atoms with van der Waals surface area (Å²) in [4.78, 5) is 25.3. The van der Waals surface area contributed by atoms with Gasteiger partial charge in [-0.15, -0.1) is 0 Å². The predicted molar refractivity (Wildman–Crippen MR) is 135 cm³/mol. The number of nitrogens with zero attached hydrogens (tertiary/aromatic N) is 2. The van der Waals surface area contributed by atoms with E-state index in [0.29, 0.717) is 25.7 Å². The quantitative estimate of drug-likeness (QED) is 0.300. The molecule has 0 aromatic heterocycles. The zero-order chi connectivity index (χ0) is 26.5. The molecule has 0 unspecified atom stereocenters. The molecular formula is C26H49ClN2O5. The molecule has 2 saturated heterocycles. The molecule has 0 aromatic rings. The van der Waals surface area contributed by atoms with Crippen LogP contribution in [0.1, 0.15) is 116 Å². The van der Waals surface area contributed by atoms with Gasteiger partial charge in [0.15, 0.2) is 5.06 Å². The Labute approximate surface area is 212 Å². The van der Waals surface area contributed by atoms with Crippen LogP contribution in [-0.4, -0.2) is 61.3 Å². The number of carbonyl (C=O) groups is 1. The second-order valence-electron chi connectivity index (χ2n) is 14.0. The average molecular weight is 505 g/mol. The fourth-order valence-corrected chi connectivity index (χ4v) is 5.86. The smallest absolute Gasteiger partial charge is 0.431 e. The molecule has 0 aromatic carbocycles. The monoisotopic (exact) mass is 504 g/mol. The van der Waals surface area contributed by atoms with E-state index < -0.39 is 11.2 Å². The van der Waals surface area contributed by atoms with Crippen LogP contribution < -0.4 is 0 Å². The summed E-state index contributed by atoms with van der Waals surface area (Å²) in [7, 11) is 0. The molecule has 0 radical (unpaired) electrons. The Balaban J connectivity index is 2.05. The van der Waals surface area contributed by atoms with Crippen molar-refractivity contribution in [3.8, 4) is 0 Å². The number of piperidine rings is 2. The standard InChI is InChI=1S/C26H49ClN2O5/c1-21(2,3)33-28-22(4,5)14-18(15-23(28,6)7)31-20(30)32-19-16-24(8,9)29(25(10,11)17-19)34-26(12,13)27/h18-19H,14-17H2,1-13H3. The largest absolute Gasteiger partial charge is 0.508 e. The van der Waals surface area contributed by atoms with E-state index in [1.807, 2.05) is 39.7 Å². The molecule has 7 nitrogen and oxygen atoms in total. The van der Waals surface area contributed by atoms with Crippen molar-refractivity contribution >= 4 is 17.8 Å². The maximum atomic E-state index is 12.9. The van der Waals surface area contributed by atoms with E-state index in [1.165, 1.54) is 0 Å². The minimum atomic E-state index is -0.827. The first-order valence-corrected chi connectivity index (χ1v) is 12.9. The molecule has 2 fully saturated rings. The highest BCUT2D eigenvalue weighted by Crippen LogP contribution is 2.43. The van der Waals surface area contributed by atoms with Crippen LogP contribution in [0.25, 0.3) is 0 Å². The lowest BCUT2D eigenvalue weighted by molar-refractivity contribution is -0.333. The van der Waals surface area contributed by atoms with Crippen molar-refractivity contribution in [2.45, 2.75) is 161 Å². The zero-order valence-electron chi connectivity index (χ0n) is 23.8. The first-order chi connectivity index (χ1) is 14.9. The third-order valence-electron chi connectivity index (χ3n) is 6.31. The van der Waals surface area contributed by atoms with Gasteiger partial charge in [-0.2, -0.15) is 10.1 Å². The molecule has 34 heavy (non-hydrogen) atoms. The fourth-order valence-electron chi connectivity index (χ4n) is 5.80. The highest BCUT2D eigenvalue weighted by atomic mass is 35.5. The van der Waals surface area contributed by atoms with Gasteiger partial charge in [0.2, 0.25) is 0 Å². The Kier molecular flexibility index (Phi) is 8.16. The molecular weight excluding hydrogens is 456 g/mol. The topological polar surface area (TPSA) is 60.5 Å². The van der Waals surface area contributed by atoms with E-state index in [0.717, 1.165) is 0 Å². The number of hydrogen-bond acceptors (Lipinski definition) is 7. The molecule has 2 aliphatic heterocycles. The molecule has 0 saturated carbocycles. The van der Waals surface area contributed by atoms with Crippen molar-refractivity contribution in [1.82, 2.24) is 10.1 Å². The minimum absolute atomic E-state index is 0.251. The molecule has 2 rings (SSSR count). The van der Waals surface area contributed by atoms with Crippen LogP contribution in [0.5, 0.6) is 0 Å². The number of halogens is 1. The zero-order valence-corrected chi connectivity index (χ0v) is 24.6. The summed E-state index contributed by atoms with van der Waals surface area (Å²) < 4.78 is 11.7. The Morgan fingerprint density at radius 2 is 0.971 bits per heavy atom. The van der Waals surface area contributed by atoms with Gasteiger partial charge in [-0.3, -0.25) is 9.68 Å². The molecule has 200 valence electrons. The van der Waals surface area contributed by atoms with Gasteiger partial charge < -0.3 is 9.47 Å². The normalized spacial score (nSPS) is 26.3. The highest BCUT2D eigenvalue weighted by Gasteiger charge is 2.51. The molecule has 0 aliphatic carbocycles. The molecule has 0 atom stereocenters. The van der Waals surface area contributed by atoms with Crippen molar-refractivity contribution in [3.63, 3.8) is 0 Å². The van der Waals surface area contributed by atoms with Crippen LogP contribution in [0.2, 0.25) is 0 Å². The van der Waals surface area contributed by atoms with E-state index in [9.17, 15) is 4.79 Å². The van der Waals surface area contributed by atoms with Crippen LogP contribution in [0, 0.1) is 0 Å². The molecule has 0 N–H and O–H groups in total. The van der Waals surface area contributed by atoms with Crippen LogP contribution in [0.4, 0.5) is 4.79 Å². The SMILES string of the molecule is CC(C)(C)ON1C(C)(C)CC(OC(=O)OC2CC(C)(C)N(OC(C)(C)Cl)C(C)(C)C2)CC1(C)C. The maximum absolute atomic E-state index is 12.9. The first-order valence-electron chi connectivity index (χ1n) is 12.5. The third-order valence-corrected chi connectivity index (χ3v) is 6.38.